The molecule has 0 aromatic heterocycles. The summed E-state index contributed by atoms with van der Waals surface area (Å²) in [7, 11) is -2.05. The number of carbonyl (C=O) groups excluding carboxylic acids is 1. The number of benzene rings is 2. The van der Waals surface area contributed by atoms with Crippen molar-refractivity contribution in [1.82, 2.24) is 0 Å². The normalized spacial score (nSPS) is 15.2. The third kappa shape index (κ3) is 2.78. The van der Waals surface area contributed by atoms with E-state index in [0.717, 1.165) is 12.0 Å². The van der Waals surface area contributed by atoms with Crippen molar-refractivity contribution in [1.29, 1.82) is 0 Å². The molecule has 1 aliphatic rings. The van der Waals surface area contributed by atoms with Gasteiger partial charge in [0.15, 0.2) is 0 Å². The molecule has 1 aliphatic heterocycles. The van der Waals surface area contributed by atoms with Gasteiger partial charge in [-0.2, -0.15) is 0 Å². The molecular weight excluding hydrogens is 324 g/mol. The minimum absolute atomic E-state index is 0.0949. The molecule has 0 unspecified atom stereocenters. The fraction of sp³-hybridized carbons (Fsp3) is 0.278. The Hall–Kier alpha value is -2.34. The van der Waals surface area contributed by atoms with Crippen LogP contribution in [-0.2, 0) is 21.2 Å². The summed E-state index contributed by atoms with van der Waals surface area (Å²) in [6, 6.07) is 14.1. The third-order valence-electron chi connectivity index (χ3n) is 4.31. The van der Waals surface area contributed by atoms with Gasteiger partial charge in [0.05, 0.1) is 16.3 Å². The van der Waals surface area contributed by atoms with E-state index in [-0.39, 0.29) is 23.8 Å². The number of hydrogen-bond acceptors (Lipinski definition) is 3. The Morgan fingerprint density at radius 1 is 1.04 bits per heavy atom. The molecule has 0 aliphatic carbocycles. The van der Waals surface area contributed by atoms with E-state index in [1.54, 1.807) is 49.5 Å². The van der Waals surface area contributed by atoms with Crippen LogP contribution in [0.5, 0.6) is 0 Å². The van der Waals surface area contributed by atoms with Crippen LogP contribution in [0.3, 0.4) is 0 Å². The van der Waals surface area contributed by atoms with E-state index in [2.05, 4.69) is 0 Å². The van der Waals surface area contributed by atoms with Gasteiger partial charge >= 0.3 is 0 Å². The number of anilines is 2. The molecule has 0 N–H and O–H groups in total. The summed E-state index contributed by atoms with van der Waals surface area (Å²) < 4.78 is 27.7. The highest BCUT2D eigenvalue weighted by Crippen LogP contribution is 2.35. The van der Waals surface area contributed by atoms with E-state index < -0.39 is 10.0 Å². The molecule has 0 saturated heterocycles. The van der Waals surface area contributed by atoms with Crippen LogP contribution in [-0.4, -0.2) is 27.9 Å². The van der Waals surface area contributed by atoms with Gasteiger partial charge < -0.3 is 4.90 Å². The summed E-state index contributed by atoms with van der Waals surface area (Å²) >= 11 is 0. The number of rotatable bonds is 3. The van der Waals surface area contributed by atoms with Crippen LogP contribution in [0.25, 0.3) is 0 Å². The molecule has 0 saturated carbocycles. The smallest absolute Gasteiger partial charge is 0.264 e. The second-order valence-corrected chi connectivity index (χ2v) is 7.63. The maximum Gasteiger partial charge on any atom is 0.264 e. The van der Waals surface area contributed by atoms with Crippen molar-refractivity contribution in [2.75, 3.05) is 22.8 Å². The van der Waals surface area contributed by atoms with Crippen molar-refractivity contribution in [2.24, 2.45) is 0 Å². The van der Waals surface area contributed by atoms with Gasteiger partial charge in [-0.25, -0.2) is 8.42 Å². The highest BCUT2D eigenvalue weighted by molar-refractivity contribution is 7.92. The zero-order valence-corrected chi connectivity index (χ0v) is 14.6. The quantitative estimate of drug-likeness (QED) is 0.860. The lowest BCUT2D eigenvalue weighted by Gasteiger charge is -2.25. The van der Waals surface area contributed by atoms with E-state index in [1.165, 1.54) is 9.21 Å². The SMILES string of the molecule is CCc1cccc(S(=O)(=O)N2CCC(=O)N(C)c3ccccc32)c1. The van der Waals surface area contributed by atoms with Crippen LogP contribution >= 0.6 is 0 Å². The predicted octanol–water partition coefficient (Wildman–Crippen LogP) is 2.81. The van der Waals surface area contributed by atoms with Gasteiger partial charge in [-0.15, -0.1) is 0 Å². The minimum Gasteiger partial charge on any atom is -0.313 e. The lowest BCUT2D eigenvalue weighted by molar-refractivity contribution is -0.118. The van der Waals surface area contributed by atoms with Crippen molar-refractivity contribution >= 4 is 27.3 Å². The van der Waals surface area contributed by atoms with Gasteiger partial charge in [0, 0.05) is 20.0 Å². The van der Waals surface area contributed by atoms with Gasteiger partial charge in [-0.3, -0.25) is 9.10 Å². The fourth-order valence-corrected chi connectivity index (χ4v) is 4.43. The third-order valence-corrected chi connectivity index (χ3v) is 6.12. The average molecular weight is 344 g/mol. The molecular formula is C18H20N2O3S. The largest absolute Gasteiger partial charge is 0.313 e. The number of amides is 1. The van der Waals surface area contributed by atoms with E-state index in [4.69, 9.17) is 0 Å². The maximum atomic E-state index is 13.2. The monoisotopic (exact) mass is 344 g/mol. The lowest BCUT2D eigenvalue weighted by Crippen LogP contribution is -2.32. The molecule has 1 heterocycles. The van der Waals surface area contributed by atoms with Crippen molar-refractivity contribution in [3.8, 4) is 0 Å². The summed E-state index contributed by atoms with van der Waals surface area (Å²) in [6.45, 7) is 2.12. The molecule has 5 nitrogen and oxygen atoms in total. The Labute approximate surface area is 142 Å². The van der Waals surface area contributed by atoms with E-state index >= 15 is 0 Å². The maximum absolute atomic E-state index is 13.2. The van der Waals surface area contributed by atoms with Crippen molar-refractivity contribution in [2.45, 2.75) is 24.7 Å². The number of sulfonamides is 1. The van der Waals surface area contributed by atoms with Crippen LogP contribution in [0, 0.1) is 0 Å². The number of aryl methyl sites for hydroxylation is 1. The molecule has 0 spiro atoms. The molecule has 126 valence electrons. The highest BCUT2D eigenvalue weighted by Gasteiger charge is 2.31. The molecule has 0 bridgehead atoms. The van der Waals surface area contributed by atoms with Gasteiger partial charge in [-0.05, 0) is 36.2 Å². The van der Waals surface area contributed by atoms with Crippen molar-refractivity contribution in [3.05, 3.63) is 54.1 Å². The zero-order chi connectivity index (χ0) is 17.3. The Kier molecular flexibility index (Phi) is 4.32. The Morgan fingerprint density at radius 3 is 2.46 bits per heavy atom. The minimum atomic E-state index is -3.72. The first-order valence-corrected chi connectivity index (χ1v) is 9.36. The van der Waals surface area contributed by atoms with Crippen LogP contribution < -0.4 is 9.21 Å². The van der Waals surface area contributed by atoms with Crippen LogP contribution in [0.4, 0.5) is 11.4 Å². The molecule has 0 fully saturated rings. The predicted molar refractivity (Wildman–Crippen MR) is 94.8 cm³/mol. The first-order chi connectivity index (χ1) is 11.4. The molecule has 2 aromatic rings. The fourth-order valence-electron chi connectivity index (χ4n) is 2.88. The molecule has 24 heavy (non-hydrogen) atoms. The standard InChI is InChI=1S/C18H20N2O3S/c1-3-14-7-6-8-15(13-14)24(22,23)20-12-11-18(21)19(2)16-9-4-5-10-17(16)20/h4-10,13H,3,11-12H2,1-2H3. The van der Waals surface area contributed by atoms with Crippen LogP contribution in [0.2, 0.25) is 0 Å². The van der Waals surface area contributed by atoms with Gasteiger partial charge in [0.1, 0.15) is 0 Å². The molecule has 2 aromatic carbocycles. The summed E-state index contributed by atoms with van der Waals surface area (Å²) in [5, 5.41) is 0. The van der Waals surface area contributed by atoms with Crippen LogP contribution in [0.15, 0.2) is 53.4 Å². The number of para-hydroxylation sites is 2. The molecule has 6 heteroatoms. The number of fused-ring (bicyclic) bond motifs is 1. The second-order valence-electron chi connectivity index (χ2n) is 5.77. The molecule has 3 rings (SSSR count). The average Bonchev–Trinajstić information content (AvgIpc) is 2.73. The summed E-state index contributed by atoms with van der Waals surface area (Å²) in [6.07, 6.45) is 0.916. The Morgan fingerprint density at radius 2 is 1.75 bits per heavy atom. The number of hydrogen-bond donors (Lipinski definition) is 0. The summed E-state index contributed by atoms with van der Waals surface area (Å²) in [5.74, 6) is -0.0949. The highest BCUT2D eigenvalue weighted by atomic mass is 32.2. The van der Waals surface area contributed by atoms with E-state index in [1.807, 2.05) is 13.0 Å². The molecule has 0 atom stereocenters. The summed E-state index contributed by atoms with van der Waals surface area (Å²) in [5.41, 5.74) is 2.11. The van der Waals surface area contributed by atoms with Crippen molar-refractivity contribution < 1.29 is 13.2 Å². The second kappa shape index (κ2) is 6.28. The first kappa shape index (κ1) is 16.5. The van der Waals surface area contributed by atoms with Crippen molar-refractivity contribution in [3.63, 3.8) is 0 Å². The number of carbonyl (C=O) groups is 1. The molecule has 0 radical (unpaired) electrons. The zero-order valence-electron chi connectivity index (χ0n) is 13.8. The number of nitrogens with zero attached hydrogens (tertiary/aromatic N) is 2. The van der Waals surface area contributed by atoms with Crippen LogP contribution in [0.1, 0.15) is 18.9 Å². The van der Waals surface area contributed by atoms with Gasteiger partial charge in [0.2, 0.25) is 5.91 Å². The van der Waals surface area contributed by atoms with E-state index in [9.17, 15) is 13.2 Å². The van der Waals surface area contributed by atoms with Gasteiger partial charge in [0.25, 0.3) is 10.0 Å². The van der Waals surface area contributed by atoms with Gasteiger partial charge in [-0.1, -0.05) is 31.2 Å². The Bertz CT molecular complexity index is 877. The first-order valence-electron chi connectivity index (χ1n) is 7.92. The Balaban J connectivity index is 2.13. The van der Waals surface area contributed by atoms with E-state index in [0.29, 0.717) is 11.4 Å². The molecule has 1 amide bonds. The summed E-state index contributed by atoms with van der Waals surface area (Å²) in [4.78, 5) is 14.0. The topological polar surface area (TPSA) is 57.7 Å². The lowest BCUT2D eigenvalue weighted by atomic mass is 10.2.